The molecular formula is C14H18N2O3S. The van der Waals surface area contributed by atoms with E-state index in [1.807, 2.05) is 11.8 Å². The molecule has 2 aliphatic rings. The van der Waals surface area contributed by atoms with Crippen molar-refractivity contribution in [2.75, 3.05) is 35.8 Å². The second-order valence-corrected chi connectivity index (χ2v) is 6.14. The molecule has 0 bridgehead atoms. The van der Waals surface area contributed by atoms with Crippen molar-refractivity contribution in [1.29, 1.82) is 0 Å². The molecule has 1 amide bonds. The fraction of sp³-hybridized carbons (Fsp3) is 0.500. The highest BCUT2D eigenvalue weighted by Gasteiger charge is 2.24. The van der Waals surface area contributed by atoms with Crippen LogP contribution < -0.4 is 20.5 Å². The molecule has 1 saturated heterocycles. The number of fused-ring (bicyclic) bond motifs is 1. The third-order valence-corrected chi connectivity index (χ3v) is 4.64. The maximum atomic E-state index is 12.2. The van der Waals surface area contributed by atoms with Gasteiger partial charge in [0, 0.05) is 30.2 Å². The molecule has 2 heterocycles. The summed E-state index contributed by atoms with van der Waals surface area (Å²) in [5.41, 5.74) is 7.10. The number of carbonyl (C=O) groups is 1. The van der Waals surface area contributed by atoms with E-state index in [1.165, 1.54) is 0 Å². The van der Waals surface area contributed by atoms with Crippen LogP contribution in [-0.4, -0.2) is 30.6 Å². The zero-order chi connectivity index (χ0) is 13.9. The van der Waals surface area contributed by atoms with Crippen LogP contribution in [0.1, 0.15) is 12.8 Å². The minimum Gasteiger partial charge on any atom is -0.489 e. The largest absolute Gasteiger partial charge is 0.489 e. The number of nitrogens with one attached hydrogen (secondary N) is 1. The Balaban J connectivity index is 1.78. The number of nitrogen functional groups attached to an aromatic ring is 1. The Kier molecular flexibility index (Phi) is 3.91. The van der Waals surface area contributed by atoms with Crippen molar-refractivity contribution in [1.82, 2.24) is 0 Å². The lowest BCUT2D eigenvalue weighted by molar-refractivity contribution is -0.119. The van der Waals surface area contributed by atoms with Crippen LogP contribution in [0.3, 0.4) is 0 Å². The van der Waals surface area contributed by atoms with Crippen LogP contribution >= 0.6 is 11.8 Å². The van der Waals surface area contributed by atoms with Gasteiger partial charge in [-0.15, -0.1) is 0 Å². The summed E-state index contributed by atoms with van der Waals surface area (Å²) in [6.07, 6.45) is 1.77. The predicted molar refractivity (Wildman–Crippen MR) is 80.5 cm³/mol. The van der Waals surface area contributed by atoms with Crippen molar-refractivity contribution in [3.63, 3.8) is 0 Å². The average Bonchev–Trinajstić information content (AvgIpc) is 2.88. The van der Waals surface area contributed by atoms with Gasteiger partial charge >= 0.3 is 0 Å². The van der Waals surface area contributed by atoms with Gasteiger partial charge in [0.1, 0.15) is 0 Å². The van der Waals surface area contributed by atoms with Gasteiger partial charge in [-0.05, 0) is 12.2 Å². The summed E-state index contributed by atoms with van der Waals surface area (Å²) >= 11 is 1.81. The zero-order valence-corrected chi connectivity index (χ0v) is 12.0. The molecule has 0 aromatic heterocycles. The molecule has 1 atom stereocenters. The first-order valence-corrected chi connectivity index (χ1v) is 7.97. The summed E-state index contributed by atoms with van der Waals surface area (Å²) in [7, 11) is 0. The third kappa shape index (κ3) is 2.80. The molecule has 20 heavy (non-hydrogen) atoms. The van der Waals surface area contributed by atoms with Gasteiger partial charge in [-0.25, -0.2) is 0 Å². The minimum atomic E-state index is 0.0381. The van der Waals surface area contributed by atoms with E-state index in [4.69, 9.17) is 15.2 Å². The van der Waals surface area contributed by atoms with Crippen molar-refractivity contribution < 1.29 is 14.3 Å². The topological polar surface area (TPSA) is 73.6 Å². The van der Waals surface area contributed by atoms with E-state index >= 15 is 0 Å². The number of benzene rings is 1. The molecule has 3 rings (SSSR count). The van der Waals surface area contributed by atoms with Crippen molar-refractivity contribution in [2.24, 2.45) is 5.92 Å². The van der Waals surface area contributed by atoms with Crippen LogP contribution in [-0.2, 0) is 4.79 Å². The average molecular weight is 294 g/mol. The summed E-state index contributed by atoms with van der Waals surface area (Å²) in [6.45, 7) is 1.24. The number of amides is 1. The fourth-order valence-corrected chi connectivity index (χ4v) is 3.53. The Morgan fingerprint density at radius 1 is 1.30 bits per heavy atom. The van der Waals surface area contributed by atoms with E-state index in [1.54, 1.807) is 12.1 Å². The highest BCUT2D eigenvalue weighted by molar-refractivity contribution is 7.99. The third-order valence-electron chi connectivity index (χ3n) is 3.48. The van der Waals surface area contributed by atoms with Gasteiger partial charge in [0.25, 0.3) is 0 Å². The molecule has 0 saturated carbocycles. The number of anilines is 2. The molecule has 0 radical (unpaired) electrons. The van der Waals surface area contributed by atoms with E-state index in [9.17, 15) is 4.79 Å². The second-order valence-electron chi connectivity index (χ2n) is 4.99. The Morgan fingerprint density at radius 2 is 2.05 bits per heavy atom. The number of thioether (sulfide) groups is 1. The van der Waals surface area contributed by atoms with E-state index in [-0.39, 0.29) is 11.8 Å². The molecule has 0 spiro atoms. The molecular weight excluding hydrogens is 276 g/mol. The van der Waals surface area contributed by atoms with Crippen LogP contribution in [0.2, 0.25) is 0 Å². The van der Waals surface area contributed by atoms with Crippen LogP contribution in [0.25, 0.3) is 0 Å². The maximum Gasteiger partial charge on any atom is 0.228 e. The number of carbonyl (C=O) groups excluding carboxylic acids is 1. The van der Waals surface area contributed by atoms with Gasteiger partial charge in [-0.3, -0.25) is 4.79 Å². The standard InChI is InChI=1S/C14H18N2O3S/c15-10-6-12-13(19-4-1-3-18-12)7-11(10)16-14(17)9-2-5-20-8-9/h6-7,9H,1-5,8,15H2,(H,16,17). The highest BCUT2D eigenvalue weighted by atomic mass is 32.2. The van der Waals surface area contributed by atoms with Gasteiger partial charge in [0.05, 0.1) is 24.6 Å². The van der Waals surface area contributed by atoms with Crippen molar-refractivity contribution in [3.8, 4) is 11.5 Å². The number of nitrogens with two attached hydrogens (primary N) is 1. The monoisotopic (exact) mass is 294 g/mol. The molecule has 0 aliphatic carbocycles. The van der Waals surface area contributed by atoms with Crippen LogP contribution in [0, 0.1) is 5.92 Å². The van der Waals surface area contributed by atoms with E-state index < -0.39 is 0 Å². The second kappa shape index (κ2) is 5.83. The Hall–Kier alpha value is -1.56. The van der Waals surface area contributed by atoms with Crippen molar-refractivity contribution in [3.05, 3.63) is 12.1 Å². The lowest BCUT2D eigenvalue weighted by atomic mass is 10.1. The van der Waals surface area contributed by atoms with Crippen LogP contribution in [0.15, 0.2) is 12.1 Å². The first kappa shape index (κ1) is 13.4. The first-order valence-electron chi connectivity index (χ1n) is 6.82. The lowest BCUT2D eigenvalue weighted by Gasteiger charge is -2.15. The Labute approximate surface area is 122 Å². The number of ether oxygens (including phenoxy) is 2. The van der Waals surface area contributed by atoms with Gasteiger partial charge in [0.2, 0.25) is 5.91 Å². The van der Waals surface area contributed by atoms with Gasteiger partial charge in [-0.1, -0.05) is 0 Å². The summed E-state index contributed by atoms with van der Waals surface area (Å²) in [6, 6.07) is 3.48. The zero-order valence-electron chi connectivity index (χ0n) is 11.2. The quantitative estimate of drug-likeness (QED) is 0.817. The SMILES string of the molecule is Nc1cc2c(cc1NC(=O)C1CCSC1)OCCCO2. The van der Waals surface area contributed by atoms with Crippen LogP contribution in [0.4, 0.5) is 11.4 Å². The summed E-state index contributed by atoms with van der Waals surface area (Å²) in [5.74, 6) is 3.35. The van der Waals surface area contributed by atoms with Crippen LogP contribution in [0.5, 0.6) is 11.5 Å². The minimum absolute atomic E-state index is 0.0381. The summed E-state index contributed by atoms with van der Waals surface area (Å²) in [5, 5.41) is 2.91. The lowest BCUT2D eigenvalue weighted by Crippen LogP contribution is -2.23. The Morgan fingerprint density at radius 3 is 2.75 bits per heavy atom. The normalized spacial score (nSPS) is 21.3. The van der Waals surface area contributed by atoms with Crippen molar-refractivity contribution in [2.45, 2.75) is 12.8 Å². The Bertz CT molecular complexity index is 515. The van der Waals surface area contributed by atoms with E-state index in [0.29, 0.717) is 36.1 Å². The molecule has 2 aliphatic heterocycles. The van der Waals surface area contributed by atoms with E-state index in [0.717, 1.165) is 24.3 Å². The van der Waals surface area contributed by atoms with Gasteiger partial charge in [0.15, 0.2) is 11.5 Å². The molecule has 5 nitrogen and oxygen atoms in total. The molecule has 108 valence electrons. The van der Waals surface area contributed by atoms with Gasteiger partial charge in [-0.2, -0.15) is 11.8 Å². The molecule has 1 unspecified atom stereocenters. The summed E-state index contributed by atoms with van der Waals surface area (Å²) < 4.78 is 11.2. The number of rotatable bonds is 2. The number of hydrogen-bond acceptors (Lipinski definition) is 5. The fourth-order valence-electron chi connectivity index (χ4n) is 2.31. The molecule has 3 N–H and O–H groups in total. The maximum absolute atomic E-state index is 12.2. The van der Waals surface area contributed by atoms with Crippen molar-refractivity contribution >= 4 is 29.0 Å². The smallest absolute Gasteiger partial charge is 0.228 e. The molecule has 1 aromatic rings. The van der Waals surface area contributed by atoms with Gasteiger partial charge < -0.3 is 20.5 Å². The molecule has 1 fully saturated rings. The summed E-state index contributed by atoms with van der Waals surface area (Å²) in [4.78, 5) is 12.2. The molecule has 6 heteroatoms. The number of hydrogen-bond donors (Lipinski definition) is 2. The first-order chi connectivity index (χ1) is 9.74. The molecule has 1 aromatic carbocycles. The van der Waals surface area contributed by atoms with E-state index in [2.05, 4.69) is 5.32 Å². The predicted octanol–water partition coefficient (Wildman–Crippen LogP) is 2.12. The highest BCUT2D eigenvalue weighted by Crippen LogP contribution is 2.37.